The van der Waals surface area contributed by atoms with E-state index in [1.807, 2.05) is 6.92 Å². The fraction of sp³-hybridized carbons (Fsp3) is 0.500. The molecule has 1 aliphatic rings. The first-order valence-electron chi connectivity index (χ1n) is 6.62. The van der Waals surface area contributed by atoms with E-state index < -0.39 is 0 Å². The fourth-order valence-corrected chi connectivity index (χ4v) is 2.32. The molecule has 0 bridgehead atoms. The summed E-state index contributed by atoms with van der Waals surface area (Å²) in [7, 11) is 0. The number of hydrogen-bond acceptors (Lipinski definition) is 4. The number of rotatable bonds is 4. The number of carbonyl (C=O) groups is 1. The molecule has 0 radical (unpaired) electrons. The van der Waals surface area contributed by atoms with Crippen LogP contribution in [0.1, 0.15) is 12.5 Å². The Hall–Kier alpha value is -1.30. The number of benzene rings is 1. The van der Waals surface area contributed by atoms with Crippen LogP contribution in [0.25, 0.3) is 0 Å². The van der Waals surface area contributed by atoms with Crippen molar-refractivity contribution < 1.29 is 14.6 Å². The molecule has 1 aromatic carbocycles. The number of aliphatic hydroxyl groups excluding tert-OH is 1. The van der Waals surface area contributed by atoms with Crippen molar-refractivity contribution in [3.8, 4) is 0 Å². The summed E-state index contributed by atoms with van der Waals surface area (Å²) < 4.78 is 5.41. The number of amides is 1. The van der Waals surface area contributed by atoms with Crippen LogP contribution in [0.15, 0.2) is 18.2 Å². The highest BCUT2D eigenvalue weighted by Gasteiger charge is 2.21. The molecule has 0 aliphatic carbocycles. The first-order valence-corrected chi connectivity index (χ1v) is 7.00. The molecular weight excluding hydrogens is 280 g/mol. The molecule has 6 heteroatoms. The van der Waals surface area contributed by atoms with Crippen LogP contribution in [-0.2, 0) is 16.1 Å². The molecule has 1 aliphatic heterocycles. The van der Waals surface area contributed by atoms with Gasteiger partial charge in [-0.2, -0.15) is 0 Å². The van der Waals surface area contributed by atoms with E-state index in [0.717, 1.165) is 5.56 Å². The van der Waals surface area contributed by atoms with Gasteiger partial charge in [0.15, 0.2) is 0 Å². The van der Waals surface area contributed by atoms with Crippen LogP contribution in [0.3, 0.4) is 0 Å². The van der Waals surface area contributed by atoms with Gasteiger partial charge in [0.25, 0.3) is 0 Å². The van der Waals surface area contributed by atoms with Crippen molar-refractivity contribution in [3.63, 3.8) is 0 Å². The van der Waals surface area contributed by atoms with Gasteiger partial charge in [0.05, 0.1) is 36.6 Å². The van der Waals surface area contributed by atoms with Gasteiger partial charge < -0.3 is 20.1 Å². The maximum absolute atomic E-state index is 12.1. The summed E-state index contributed by atoms with van der Waals surface area (Å²) in [6, 6.07) is 5.20. The Bertz CT molecular complexity index is 481. The molecule has 0 aromatic heterocycles. The van der Waals surface area contributed by atoms with Crippen molar-refractivity contribution in [2.75, 3.05) is 31.6 Å². The molecule has 1 aromatic rings. The van der Waals surface area contributed by atoms with Gasteiger partial charge in [-0.3, -0.25) is 4.79 Å². The van der Waals surface area contributed by atoms with E-state index in [2.05, 4.69) is 5.32 Å². The molecule has 20 heavy (non-hydrogen) atoms. The summed E-state index contributed by atoms with van der Waals surface area (Å²) in [6.45, 7) is 3.89. The second-order valence-electron chi connectivity index (χ2n) is 4.85. The minimum atomic E-state index is -0.0548. The third-order valence-electron chi connectivity index (χ3n) is 3.24. The van der Waals surface area contributed by atoms with Gasteiger partial charge in [-0.05, 0) is 24.6 Å². The van der Waals surface area contributed by atoms with Crippen molar-refractivity contribution >= 4 is 23.2 Å². The Labute approximate surface area is 123 Å². The average Bonchev–Trinajstić information content (AvgIpc) is 2.46. The van der Waals surface area contributed by atoms with Gasteiger partial charge in [-0.25, -0.2) is 0 Å². The predicted molar refractivity (Wildman–Crippen MR) is 77.9 cm³/mol. The van der Waals surface area contributed by atoms with Crippen molar-refractivity contribution in [2.45, 2.75) is 19.6 Å². The van der Waals surface area contributed by atoms with Crippen LogP contribution in [0.4, 0.5) is 5.69 Å². The molecule has 1 amide bonds. The third-order valence-corrected chi connectivity index (χ3v) is 3.57. The highest BCUT2D eigenvalue weighted by Crippen LogP contribution is 2.23. The number of halogens is 1. The Morgan fingerprint density at radius 2 is 2.40 bits per heavy atom. The van der Waals surface area contributed by atoms with Crippen molar-refractivity contribution in [1.29, 1.82) is 0 Å². The van der Waals surface area contributed by atoms with Crippen LogP contribution in [0.2, 0.25) is 5.02 Å². The van der Waals surface area contributed by atoms with Gasteiger partial charge >= 0.3 is 0 Å². The van der Waals surface area contributed by atoms with E-state index >= 15 is 0 Å². The zero-order valence-corrected chi connectivity index (χ0v) is 12.2. The maximum atomic E-state index is 12.1. The minimum Gasteiger partial charge on any atom is -0.392 e. The summed E-state index contributed by atoms with van der Waals surface area (Å²) in [6.07, 6.45) is 0.0778. The van der Waals surface area contributed by atoms with Gasteiger partial charge in [0, 0.05) is 13.1 Å². The molecule has 5 nitrogen and oxygen atoms in total. The number of aliphatic hydroxyl groups is 1. The lowest BCUT2D eigenvalue weighted by Gasteiger charge is -2.31. The quantitative estimate of drug-likeness (QED) is 0.884. The van der Waals surface area contributed by atoms with Crippen molar-refractivity contribution in [3.05, 3.63) is 28.8 Å². The minimum absolute atomic E-state index is 0.0191. The topological polar surface area (TPSA) is 61.8 Å². The number of ether oxygens (including phenoxy) is 1. The SMILES string of the molecule is C[C@@H]1CN(C(=O)CNc2cc(CO)ccc2Cl)CCO1. The van der Waals surface area contributed by atoms with Crippen LogP contribution in [0.5, 0.6) is 0 Å². The molecule has 1 heterocycles. The summed E-state index contributed by atoms with van der Waals surface area (Å²) in [4.78, 5) is 13.9. The van der Waals surface area contributed by atoms with Gasteiger partial charge in [-0.15, -0.1) is 0 Å². The average molecular weight is 299 g/mol. The highest BCUT2D eigenvalue weighted by molar-refractivity contribution is 6.33. The number of anilines is 1. The molecule has 2 rings (SSSR count). The molecule has 1 atom stereocenters. The van der Waals surface area contributed by atoms with E-state index in [1.165, 1.54) is 0 Å². The second kappa shape index (κ2) is 6.92. The lowest BCUT2D eigenvalue weighted by atomic mass is 10.2. The Morgan fingerprint density at radius 3 is 3.10 bits per heavy atom. The summed E-state index contributed by atoms with van der Waals surface area (Å²) in [5.41, 5.74) is 1.41. The first-order chi connectivity index (χ1) is 9.60. The van der Waals surface area contributed by atoms with Gasteiger partial charge in [0.2, 0.25) is 5.91 Å². The number of morpholine rings is 1. The molecule has 0 unspecified atom stereocenters. The molecule has 1 saturated heterocycles. The molecule has 2 N–H and O–H groups in total. The van der Waals surface area contributed by atoms with E-state index in [9.17, 15) is 4.79 Å². The van der Waals surface area contributed by atoms with E-state index in [0.29, 0.717) is 30.4 Å². The fourth-order valence-electron chi connectivity index (χ4n) is 2.13. The number of nitrogens with zero attached hydrogens (tertiary/aromatic N) is 1. The van der Waals surface area contributed by atoms with Gasteiger partial charge in [0.1, 0.15) is 0 Å². The molecule has 0 saturated carbocycles. The largest absolute Gasteiger partial charge is 0.392 e. The van der Waals surface area contributed by atoms with Crippen LogP contribution >= 0.6 is 11.6 Å². The van der Waals surface area contributed by atoms with Gasteiger partial charge in [-0.1, -0.05) is 17.7 Å². The molecule has 1 fully saturated rings. The predicted octanol–water partition coefficient (Wildman–Crippen LogP) is 1.49. The normalized spacial score (nSPS) is 18.9. The smallest absolute Gasteiger partial charge is 0.242 e. The maximum Gasteiger partial charge on any atom is 0.242 e. The van der Waals surface area contributed by atoms with E-state index in [-0.39, 0.29) is 25.2 Å². The lowest BCUT2D eigenvalue weighted by Crippen LogP contribution is -2.46. The highest BCUT2D eigenvalue weighted by atomic mass is 35.5. The summed E-state index contributed by atoms with van der Waals surface area (Å²) in [5, 5.41) is 12.7. The summed E-state index contributed by atoms with van der Waals surface area (Å²) >= 11 is 6.06. The van der Waals surface area contributed by atoms with Crippen LogP contribution in [0, 0.1) is 0 Å². The number of carbonyl (C=O) groups excluding carboxylic acids is 1. The van der Waals surface area contributed by atoms with Crippen molar-refractivity contribution in [1.82, 2.24) is 4.90 Å². The third kappa shape index (κ3) is 3.85. The Kier molecular flexibility index (Phi) is 5.23. The zero-order chi connectivity index (χ0) is 14.5. The number of nitrogens with one attached hydrogen (secondary N) is 1. The lowest BCUT2D eigenvalue weighted by molar-refractivity contribution is -0.136. The van der Waals surface area contributed by atoms with Crippen LogP contribution in [-0.4, -0.2) is 48.3 Å². The molecule has 0 spiro atoms. The van der Waals surface area contributed by atoms with Crippen molar-refractivity contribution in [2.24, 2.45) is 0 Å². The summed E-state index contributed by atoms with van der Waals surface area (Å²) in [5.74, 6) is 0.0191. The zero-order valence-electron chi connectivity index (χ0n) is 11.4. The van der Waals surface area contributed by atoms with E-state index in [1.54, 1.807) is 23.1 Å². The van der Waals surface area contributed by atoms with E-state index in [4.69, 9.17) is 21.4 Å². The standard InChI is InChI=1S/C14H19ClN2O3/c1-10-8-17(4-5-20-10)14(19)7-16-13-6-11(9-18)2-3-12(13)15/h2-3,6,10,16,18H,4-5,7-9H2,1H3/t10-/m1/s1. The Balaban J connectivity index is 1.92. The van der Waals surface area contributed by atoms with Crippen LogP contribution < -0.4 is 5.32 Å². The Morgan fingerprint density at radius 1 is 1.60 bits per heavy atom. The second-order valence-corrected chi connectivity index (χ2v) is 5.25. The first kappa shape index (κ1) is 15.1. The molecule has 110 valence electrons. The monoisotopic (exact) mass is 298 g/mol. The molecular formula is C14H19ClN2O3. The number of hydrogen-bond donors (Lipinski definition) is 2.